The van der Waals surface area contributed by atoms with E-state index in [0.717, 1.165) is 6.08 Å². The Hall–Kier alpha value is -4.62. The van der Waals surface area contributed by atoms with Crippen molar-refractivity contribution >= 4 is 34.0 Å². The molecule has 0 radical (unpaired) electrons. The molecule has 10 heteroatoms. The summed E-state index contributed by atoms with van der Waals surface area (Å²) in [7, 11) is 3.08. The van der Waals surface area contributed by atoms with E-state index >= 15 is 0 Å². The van der Waals surface area contributed by atoms with Crippen LogP contribution in [0.5, 0.6) is 17.2 Å². The Bertz CT molecular complexity index is 1390. The van der Waals surface area contributed by atoms with Crippen molar-refractivity contribution in [3.63, 3.8) is 0 Å². The maximum absolute atomic E-state index is 12.7. The zero-order chi connectivity index (χ0) is 24.8. The number of allylic oxidation sites excluding steroid dienone is 2. The minimum Gasteiger partial charge on any atom is -0.493 e. The molecule has 3 aromatic rings. The number of carbonyl (C=O) groups excluding carboxylic acids is 2. The van der Waals surface area contributed by atoms with Crippen molar-refractivity contribution in [1.82, 2.24) is 9.97 Å². The smallest absolute Gasteiger partial charge is 0.204 e. The lowest BCUT2D eigenvalue weighted by Gasteiger charge is -2.14. The Balaban J connectivity index is 1.62. The van der Waals surface area contributed by atoms with Gasteiger partial charge in [0.25, 0.3) is 0 Å². The second kappa shape index (κ2) is 10.5. The summed E-state index contributed by atoms with van der Waals surface area (Å²) in [4.78, 5) is 38.2. The number of nitrogens with zero attached hydrogens (tertiary/aromatic N) is 4. The summed E-state index contributed by atoms with van der Waals surface area (Å²) in [6, 6.07) is 11.6. The molecule has 0 N–H and O–H groups in total. The van der Waals surface area contributed by atoms with Crippen LogP contribution in [0.15, 0.2) is 59.6 Å². The van der Waals surface area contributed by atoms with Crippen molar-refractivity contribution in [1.29, 1.82) is 5.26 Å². The molecule has 1 heterocycles. The third kappa shape index (κ3) is 5.31. The van der Waals surface area contributed by atoms with Gasteiger partial charge in [-0.25, -0.2) is 15.0 Å². The number of aromatic nitrogens is 2. The molecule has 0 unspecified atom stereocenters. The second-order valence-electron chi connectivity index (χ2n) is 7.33. The van der Waals surface area contributed by atoms with Crippen LogP contribution in [0.3, 0.4) is 0 Å². The molecule has 1 aliphatic carbocycles. The number of ether oxygens (including phenoxy) is 4. The SMILES string of the molecule is COCCOc1cc2ncnc(N=C3CC(=O)C(Oc4ccc(C#N)cc4)=CC3=O)c2cc1OC. The molecular formula is C25H20N4O6. The van der Waals surface area contributed by atoms with Gasteiger partial charge in [-0.3, -0.25) is 9.59 Å². The van der Waals surface area contributed by atoms with E-state index in [4.69, 9.17) is 24.2 Å². The first-order valence-corrected chi connectivity index (χ1v) is 10.5. The van der Waals surface area contributed by atoms with Gasteiger partial charge >= 0.3 is 0 Å². The number of Topliss-reactive ketones (excluding diaryl/α,β-unsaturated/α-hetero) is 1. The quantitative estimate of drug-likeness (QED) is 0.453. The lowest BCUT2D eigenvalue weighted by molar-refractivity contribution is -0.118. The number of benzene rings is 2. The minimum atomic E-state index is -0.466. The molecule has 0 atom stereocenters. The number of nitriles is 1. The molecular weight excluding hydrogens is 452 g/mol. The monoisotopic (exact) mass is 472 g/mol. The van der Waals surface area contributed by atoms with Crippen LogP contribution in [0.25, 0.3) is 10.9 Å². The number of hydrogen-bond acceptors (Lipinski definition) is 10. The molecule has 0 saturated carbocycles. The van der Waals surface area contributed by atoms with Gasteiger partial charge in [0.15, 0.2) is 23.1 Å². The summed E-state index contributed by atoms with van der Waals surface area (Å²) in [5, 5.41) is 9.42. The van der Waals surface area contributed by atoms with Gasteiger partial charge < -0.3 is 18.9 Å². The van der Waals surface area contributed by atoms with Gasteiger partial charge in [0, 0.05) is 24.6 Å². The lowest BCUT2D eigenvalue weighted by atomic mass is 10.0. The van der Waals surface area contributed by atoms with Crippen LogP contribution < -0.4 is 14.2 Å². The summed E-state index contributed by atoms with van der Waals surface area (Å²) < 4.78 is 21.7. The van der Waals surface area contributed by atoms with Crippen LogP contribution >= 0.6 is 0 Å². The van der Waals surface area contributed by atoms with Gasteiger partial charge in [-0.2, -0.15) is 5.26 Å². The van der Waals surface area contributed by atoms with E-state index in [0.29, 0.717) is 46.9 Å². The Morgan fingerprint density at radius 2 is 1.86 bits per heavy atom. The summed E-state index contributed by atoms with van der Waals surface area (Å²) in [6.45, 7) is 0.735. The Labute approximate surface area is 200 Å². The number of ketones is 2. The van der Waals surface area contributed by atoms with Crippen LogP contribution in [0.4, 0.5) is 5.82 Å². The summed E-state index contributed by atoms with van der Waals surface area (Å²) >= 11 is 0. The van der Waals surface area contributed by atoms with E-state index in [-0.39, 0.29) is 23.7 Å². The molecule has 4 rings (SSSR count). The van der Waals surface area contributed by atoms with Crippen LogP contribution in [-0.2, 0) is 14.3 Å². The molecule has 0 amide bonds. The predicted molar refractivity (Wildman–Crippen MR) is 125 cm³/mol. The fourth-order valence-corrected chi connectivity index (χ4v) is 3.29. The standard InChI is InChI=1S/C25H20N4O6/c1-32-7-8-34-24-11-18-17(9-23(24)33-2)25(28-14-27-18)29-19-10-21(31)22(12-20(19)30)35-16-5-3-15(13-26)4-6-16/h3-6,9,11-12,14H,7-8,10H2,1-2H3. The van der Waals surface area contributed by atoms with Crippen LogP contribution in [0, 0.1) is 11.3 Å². The molecule has 176 valence electrons. The third-order valence-electron chi connectivity index (χ3n) is 5.05. The largest absolute Gasteiger partial charge is 0.493 e. The van der Waals surface area contributed by atoms with Crippen molar-refractivity contribution in [2.45, 2.75) is 6.42 Å². The van der Waals surface area contributed by atoms with Gasteiger partial charge in [0.1, 0.15) is 18.7 Å². The van der Waals surface area contributed by atoms with Crippen molar-refractivity contribution in [3.05, 3.63) is 60.1 Å². The summed E-state index contributed by atoms with van der Waals surface area (Å²) in [5.74, 6) is 0.515. The first-order chi connectivity index (χ1) is 17.0. The van der Waals surface area contributed by atoms with E-state index in [1.807, 2.05) is 6.07 Å². The topological polar surface area (TPSA) is 133 Å². The van der Waals surface area contributed by atoms with Crippen molar-refractivity contribution in [2.24, 2.45) is 4.99 Å². The number of carbonyl (C=O) groups is 2. The van der Waals surface area contributed by atoms with Crippen molar-refractivity contribution < 1.29 is 28.5 Å². The highest BCUT2D eigenvalue weighted by Crippen LogP contribution is 2.35. The van der Waals surface area contributed by atoms with Crippen LogP contribution in [0.1, 0.15) is 12.0 Å². The van der Waals surface area contributed by atoms with Crippen LogP contribution in [-0.4, -0.2) is 54.7 Å². The predicted octanol–water partition coefficient (Wildman–Crippen LogP) is 3.11. The van der Waals surface area contributed by atoms with Crippen molar-refractivity contribution in [3.8, 4) is 23.3 Å². The highest BCUT2D eigenvalue weighted by molar-refractivity contribution is 6.50. The van der Waals surface area contributed by atoms with Gasteiger partial charge in [0.2, 0.25) is 11.6 Å². The van der Waals surface area contributed by atoms with Gasteiger partial charge in [-0.15, -0.1) is 0 Å². The van der Waals surface area contributed by atoms with E-state index in [9.17, 15) is 9.59 Å². The van der Waals surface area contributed by atoms with Crippen LogP contribution in [0.2, 0.25) is 0 Å². The zero-order valence-electron chi connectivity index (χ0n) is 19.0. The van der Waals surface area contributed by atoms with E-state index < -0.39 is 11.6 Å². The van der Waals surface area contributed by atoms with E-state index in [2.05, 4.69) is 15.0 Å². The average molecular weight is 472 g/mol. The minimum absolute atomic E-state index is 0.0292. The fourth-order valence-electron chi connectivity index (χ4n) is 3.29. The third-order valence-corrected chi connectivity index (χ3v) is 5.05. The zero-order valence-corrected chi connectivity index (χ0v) is 19.0. The summed E-state index contributed by atoms with van der Waals surface area (Å²) in [5.41, 5.74) is 1.01. The first-order valence-electron chi connectivity index (χ1n) is 10.5. The molecule has 0 bridgehead atoms. The number of fused-ring (bicyclic) bond motifs is 1. The highest BCUT2D eigenvalue weighted by Gasteiger charge is 2.27. The molecule has 0 spiro atoms. The molecule has 2 aromatic carbocycles. The van der Waals surface area contributed by atoms with Gasteiger partial charge in [0.05, 0.1) is 43.0 Å². The Morgan fingerprint density at radius 3 is 2.57 bits per heavy atom. The maximum Gasteiger partial charge on any atom is 0.204 e. The number of rotatable bonds is 8. The lowest BCUT2D eigenvalue weighted by Crippen LogP contribution is -2.26. The van der Waals surface area contributed by atoms with Crippen molar-refractivity contribution in [2.75, 3.05) is 27.4 Å². The number of aliphatic imine (C=N–C) groups is 1. The van der Waals surface area contributed by atoms with E-state index in [1.54, 1.807) is 43.5 Å². The molecule has 0 aliphatic heterocycles. The maximum atomic E-state index is 12.7. The molecule has 0 saturated heterocycles. The molecule has 35 heavy (non-hydrogen) atoms. The van der Waals surface area contributed by atoms with E-state index in [1.165, 1.54) is 13.4 Å². The highest BCUT2D eigenvalue weighted by atomic mass is 16.5. The average Bonchev–Trinajstić information content (AvgIpc) is 2.87. The van der Waals surface area contributed by atoms with Gasteiger partial charge in [-0.1, -0.05) is 0 Å². The first kappa shape index (κ1) is 23.5. The normalized spacial score (nSPS) is 14.5. The molecule has 0 fully saturated rings. The Kier molecular flexibility index (Phi) is 7.09. The molecule has 10 nitrogen and oxygen atoms in total. The second-order valence-corrected chi connectivity index (χ2v) is 7.33. The fraction of sp³-hybridized carbons (Fsp3) is 0.200. The van der Waals surface area contributed by atoms with Gasteiger partial charge in [-0.05, 0) is 30.3 Å². The number of hydrogen-bond donors (Lipinski definition) is 0. The number of methoxy groups -OCH3 is 2. The molecule has 1 aromatic heterocycles. The summed E-state index contributed by atoms with van der Waals surface area (Å²) in [6.07, 6.45) is 2.17. The molecule has 1 aliphatic rings. The Morgan fingerprint density at radius 1 is 1.06 bits per heavy atom.